The first-order valence-corrected chi connectivity index (χ1v) is 12.5. The summed E-state index contributed by atoms with van der Waals surface area (Å²) in [6, 6.07) is 7.54. The van der Waals surface area contributed by atoms with Crippen LogP contribution in [0.5, 0.6) is 17.2 Å². The highest BCUT2D eigenvalue weighted by Crippen LogP contribution is 2.38. The Morgan fingerprint density at radius 2 is 1.76 bits per heavy atom. The third-order valence-electron chi connectivity index (χ3n) is 5.95. The number of phenols is 1. The van der Waals surface area contributed by atoms with Crippen molar-refractivity contribution in [2.24, 2.45) is 0 Å². The molecule has 0 saturated heterocycles. The largest absolute Gasteiger partial charge is 0.507 e. The maximum atomic E-state index is 13.3. The van der Waals surface area contributed by atoms with Crippen LogP contribution in [0.2, 0.25) is 0 Å². The maximum absolute atomic E-state index is 13.3. The first-order valence-electron chi connectivity index (χ1n) is 12.5. The van der Waals surface area contributed by atoms with Gasteiger partial charge in [0, 0.05) is 18.2 Å². The second-order valence-corrected chi connectivity index (χ2v) is 10.3. The molecule has 1 aliphatic heterocycles. The summed E-state index contributed by atoms with van der Waals surface area (Å²) >= 11 is 0. The summed E-state index contributed by atoms with van der Waals surface area (Å²) < 4.78 is 17.0. The van der Waals surface area contributed by atoms with Crippen LogP contribution in [0.3, 0.4) is 0 Å². The zero-order valence-electron chi connectivity index (χ0n) is 23.0. The van der Waals surface area contributed by atoms with Crippen LogP contribution >= 0.6 is 0 Å². The van der Waals surface area contributed by atoms with Gasteiger partial charge in [-0.25, -0.2) is 0 Å². The number of phenolic OH excluding ortho intramolecular Hbond substituents is 1. The van der Waals surface area contributed by atoms with E-state index < -0.39 is 0 Å². The van der Waals surface area contributed by atoms with Crippen molar-refractivity contribution < 1.29 is 24.1 Å². The fourth-order valence-electron chi connectivity index (χ4n) is 3.98. The monoisotopic (exact) mass is 502 g/mol. The van der Waals surface area contributed by atoms with Crippen LogP contribution in [0.4, 0.5) is 0 Å². The topological polar surface area (TPSA) is 65.0 Å². The van der Waals surface area contributed by atoms with E-state index in [1.54, 1.807) is 19.3 Å². The molecule has 0 radical (unpaired) electrons. The Bertz CT molecular complexity index is 1270. The lowest BCUT2D eigenvalue weighted by molar-refractivity contribution is 0.0497. The number of ether oxygens (including phenoxy) is 3. The number of rotatable bonds is 10. The summed E-state index contributed by atoms with van der Waals surface area (Å²) in [5.41, 5.74) is 5.39. The van der Waals surface area contributed by atoms with E-state index in [1.165, 1.54) is 6.08 Å². The van der Waals surface area contributed by atoms with Gasteiger partial charge in [0.1, 0.15) is 22.8 Å². The molecule has 0 unspecified atom stereocenters. The van der Waals surface area contributed by atoms with E-state index in [1.807, 2.05) is 78.0 Å². The lowest BCUT2D eigenvalue weighted by Gasteiger charge is -2.27. The summed E-state index contributed by atoms with van der Waals surface area (Å²) in [4.78, 5) is 13.3. The molecule has 0 bridgehead atoms. The van der Waals surface area contributed by atoms with Crippen LogP contribution in [0.1, 0.15) is 74.2 Å². The predicted octanol–water partition coefficient (Wildman–Crippen LogP) is 7.47. The molecular formula is C32H38O5. The summed E-state index contributed by atoms with van der Waals surface area (Å²) in [6.45, 7) is 12.1. The molecule has 3 rings (SSSR count). The number of carbonyl (C=O) groups is 1. The van der Waals surface area contributed by atoms with Gasteiger partial charge in [0.2, 0.25) is 0 Å². The zero-order valence-corrected chi connectivity index (χ0v) is 23.0. The van der Waals surface area contributed by atoms with Crippen LogP contribution in [0.15, 0.2) is 59.7 Å². The van der Waals surface area contributed by atoms with Crippen molar-refractivity contribution in [2.75, 3.05) is 13.9 Å². The molecule has 0 amide bonds. The first-order chi connectivity index (χ1) is 17.5. The molecule has 0 saturated carbocycles. The van der Waals surface area contributed by atoms with Gasteiger partial charge < -0.3 is 19.3 Å². The van der Waals surface area contributed by atoms with E-state index in [4.69, 9.17) is 14.2 Å². The highest BCUT2D eigenvalue weighted by Gasteiger charge is 2.22. The Kier molecular flexibility index (Phi) is 9.17. The molecule has 37 heavy (non-hydrogen) atoms. The first kappa shape index (κ1) is 28.0. The van der Waals surface area contributed by atoms with E-state index in [0.717, 1.165) is 33.6 Å². The van der Waals surface area contributed by atoms with E-state index in [2.05, 4.69) is 6.08 Å². The Morgan fingerprint density at radius 3 is 2.43 bits per heavy atom. The summed E-state index contributed by atoms with van der Waals surface area (Å²) in [6.07, 6.45) is 12.4. The standard InChI is InChI=1S/C32H38O5/c1-21(2)8-12-25-19-27(30(34)26(13-9-22(3)4)31(25)36-20-35-7)28(33)14-10-23-11-15-29-24(18-23)16-17-32(5,6)37-29/h8-11,14-19,34H,12-13,20H2,1-7H3/b14-10+. The van der Waals surface area contributed by atoms with Crippen molar-refractivity contribution in [1.82, 2.24) is 0 Å². The number of benzene rings is 2. The number of allylic oxidation sites excluding steroid dienone is 5. The molecule has 5 nitrogen and oxygen atoms in total. The number of carbonyl (C=O) groups excluding carboxylic acids is 1. The molecular weight excluding hydrogens is 464 g/mol. The van der Waals surface area contributed by atoms with Crippen molar-refractivity contribution in [3.63, 3.8) is 0 Å². The highest BCUT2D eigenvalue weighted by atomic mass is 16.7. The highest BCUT2D eigenvalue weighted by molar-refractivity contribution is 6.09. The van der Waals surface area contributed by atoms with Crippen LogP contribution in [0.25, 0.3) is 12.2 Å². The van der Waals surface area contributed by atoms with Gasteiger partial charge in [-0.1, -0.05) is 41.5 Å². The molecule has 2 aromatic rings. The average Bonchev–Trinajstić information content (AvgIpc) is 2.83. The number of hydrogen-bond acceptors (Lipinski definition) is 5. The zero-order chi connectivity index (χ0) is 27.2. The molecule has 0 atom stereocenters. The number of ketones is 1. The third kappa shape index (κ3) is 7.46. The maximum Gasteiger partial charge on any atom is 0.189 e. The Hall–Kier alpha value is -3.57. The SMILES string of the molecule is COCOc1c(CC=C(C)C)cc(C(=O)/C=C/c2ccc3c(c2)C=CC(C)(C)O3)c(O)c1CC=C(C)C. The van der Waals surface area contributed by atoms with Crippen molar-refractivity contribution in [1.29, 1.82) is 0 Å². The van der Waals surface area contributed by atoms with Gasteiger partial charge in [-0.2, -0.15) is 0 Å². The molecule has 0 fully saturated rings. The van der Waals surface area contributed by atoms with E-state index in [-0.39, 0.29) is 29.5 Å². The summed E-state index contributed by atoms with van der Waals surface area (Å²) in [7, 11) is 1.55. The second kappa shape index (κ2) is 12.1. The van der Waals surface area contributed by atoms with E-state index in [9.17, 15) is 9.90 Å². The van der Waals surface area contributed by atoms with E-state index >= 15 is 0 Å². The van der Waals surface area contributed by atoms with Gasteiger partial charge in [-0.05, 0) is 95.9 Å². The van der Waals surface area contributed by atoms with E-state index in [0.29, 0.717) is 24.2 Å². The molecule has 1 heterocycles. The van der Waals surface area contributed by atoms with Crippen molar-refractivity contribution in [3.05, 3.63) is 87.5 Å². The van der Waals surface area contributed by atoms with Crippen LogP contribution in [0, 0.1) is 0 Å². The van der Waals surface area contributed by atoms with Gasteiger partial charge in [-0.15, -0.1) is 0 Å². The Morgan fingerprint density at radius 1 is 1.05 bits per heavy atom. The molecule has 2 aromatic carbocycles. The van der Waals surface area contributed by atoms with Crippen LogP contribution in [-0.4, -0.2) is 30.4 Å². The molecule has 1 aliphatic rings. The van der Waals surface area contributed by atoms with Gasteiger partial charge in [0.25, 0.3) is 0 Å². The molecule has 5 heteroatoms. The fourth-order valence-corrected chi connectivity index (χ4v) is 3.98. The third-order valence-corrected chi connectivity index (χ3v) is 5.95. The number of hydrogen-bond donors (Lipinski definition) is 1. The Labute approximate surface area is 220 Å². The Balaban J connectivity index is 2.01. The number of aromatic hydroxyl groups is 1. The van der Waals surface area contributed by atoms with Crippen molar-refractivity contribution in [3.8, 4) is 17.2 Å². The van der Waals surface area contributed by atoms with Gasteiger partial charge in [0.05, 0.1) is 5.56 Å². The molecule has 0 spiro atoms. The van der Waals surface area contributed by atoms with Crippen LogP contribution in [-0.2, 0) is 17.6 Å². The molecule has 1 N–H and O–H groups in total. The quantitative estimate of drug-likeness (QED) is 0.158. The van der Waals surface area contributed by atoms with Crippen LogP contribution < -0.4 is 9.47 Å². The van der Waals surface area contributed by atoms with Crippen molar-refractivity contribution in [2.45, 2.75) is 60.0 Å². The fraction of sp³-hybridized carbons (Fsp3) is 0.344. The lowest BCUT2D eigenvalue weighted by atomic mass is 9.94. The minimum absolute atomic E-state index is 0.0456. The minimum atomic E-state index is -0.344. The summed E-state index contributed by atoms with van der Waals surface area (Å²) in [5.74, 6) is 1.02. The van der Waals surface area contributed by atoms with Crippen molar-refractivity contribution >= 4 is 17.9 Å². The number of methoxy groups -OCH3 is 1. The lowest BCUT2D eigenvalue weighted by Crippen LogP contribution is -2.27. The van der Waals surface area contributed by atoms with Gasteiger partial charge in [0.15, 0.2) is 12.6 Å². The summed E-state index contributed by atoms with van der Waals surface area (Å²) in [5, 5.41) is 11.2. The molecule has 0 aliphatic carbocycles. The number of fused-ring (bicyclic) bond motifs is 1. The average molecular weight is 503 g/mol. The molecule has 196 valence electrons. The van der Waals surface area contributed by atoms with Gasteiger partial charge in [-0.3, -0.25) is 4.79 Å². The predicted molar refractivity (Wildman–Crippen MR) is 150 cm³/mol. The minimum Gasteiger partial charge on any atom is -0.507 e. The second-order valence-electron chi connectivity index (χ2n) is 10.3. The smallest absolute Gasteiger partial charge is 0.189 e. The van der Waals surface area contributed by atoms with Gasteiger partial charge >= 0.3 is 0 Å². The normalized spacial score (nSPS) is 13.6. The molecule has 0 aromatic heterocycles.